The van der Waals surface area contributed by atoms with Gasteiger partial charge in [-0.2, -0.15) is 0 Å². The van der Waals surface area contributed by atoms with Gasteiger partial charge in [-0.25, -0.2) is 9.18 Å². The predicted molar refractivity (Wildman–Crippen MR) is 63.1 cm³/mol. The summed E-state index contributed by atoms with van der Waals surface area (Å²) in [5, 5.41) is 2.73. The van der Waals surface area contributed by atoms with Crippen molar-refractivity contribution in [2.24, 2.45) is 0 Å². The molecule has 0 saturated carbocycles. The zero-order valence-electron chi connectivity index (χ0n) is 9.66. The van der Waals surface area contributed by atoms with Crippen molar-refractivity contribution in [1.29, 1.82) is 0 Å². The lowest BCUT2D eigenvalue weighted by Crippen LogP contribution is -2.38. The number of para-hydroxylation sites is 1. The van der Waals surface area contributed by atoms with Crippen LogP contribution in [0.1, 0.15) is 19.8 Å². The van der Waals surface area contributed by atoms with E-state index in [1.54, 1.807) is 25.2 Å². The molecule has 0 fully saturated rings. The van der Waals surface area contributed by atoms with Crippen LogP contribution in [-0.2, 0) is 0 Å². The molecule has 0 atom stereocenters. The first kappa shape index (κ1) is 12.5. The normalized spacial score (nSPS) is 9.94. The van der Waals surface area contributed by atoms with E-state index in [2.05, 4.69) is 5.32 Å². The minimum absolute atomic E-state index is 0.279. The van der Waals surface area contributed by atoms with Crippen molar-refractivity contribution in [1.82, 2.24) is 5.32 Å². The van der Waals surface area contributed by atoms with Gasteiger partial charge in [0.2, 0.25) is 0 Å². The molecule has 0 spiro atoms. The molecule has 2 amide bonds. The molecule has 1 N–H and O–H groups in total. The predicted octanol–water partition coefficient (Wildman–Crippen LogP) is 2.77. The monoisotopic (exact) mass is 224 g/mol. The average molecular weight is 224 g/mol. The van der Waals surface area contributed by atoms with E-state index < -0.39 is 5.82 Å². The fourth-order valence-corrected chi connectivity index (χ4v) is 1.32. The van der Waals surface area contributed by atoms with Crippen LogP contribution >= 0.6 is 0 Å². The molecule has 16 heavy (non-hydrogen) atoms. The minimum atomic E-state index is -0.393. The third-order valence-electron chi connectivity index (χ3n) is 2.32. The summed E-state index contributed by atoms with van der Waals surface area (Å²) >= 11 is 0. The quantitative estimate of drug-likeness (QED) is 0.784. The van der Waals surface area contributed by atoms with Gasteiger partial charge in [0.25, 0.3) is 0 Å². The van der Waals surface area contributed by atoms with Crippen LogP contribution in [0.4, 0.5) is 14.9 Å². The molecule has 0 unspecified atom stereocenters. The second-order valence-corrected chi connectivity index (χ2v) is 3.60. The Bertz CT molecular complexity index is 355. The second-order valence-electron chi connectivity index (χ2n) is 3.60. The average Bonchev–Trinajstić information content (AvgIpc) is 2.29. The first-order valence-electron chi connectivity index (χ1n) is 5.43. The smallest absolute Gasteiger partial charge is 0.321 e. The fourth-order valence-electron chi connectivity index (χ4n) is 1.32. The van der Waals surface area contributed by atoms with Gasteiger partial charge in [-0.1, -0.05) is 25.5 Å². The maximum atomic E-state index is 13.4. The highest BCUT2D eigenvalue weighted by atomic mass is 19.1. The van der Waals surface area contributed by atoms with Gasteiger partial charge in [0.1, 0.15) is 5.82 Å². The highest BCUT2D eigenvalue weighted by Gasteiger charge is 2.12. The summed E-state index contributed by atoms with van der Waals surface area (Å²) in [5.74, 6) is -0.393. The van der Waals surface area contributed by atoms with Gasteiger partial charge in [0.15, 0.2) is 0 Å². The minimum Gasteiger partial charge on any atom is -0.338 e. The summed E-state index contributed by atoms with van der Waals surface area (Å²) < 4.78 is 13.4. The molecule has 0 aliphatic rings. The molecule has 0 bridgehead atoms. The van der Waals surface area contributed by atoms with Crippen LogP contribution < -0.4 is 10.2 Å². The van der Waals surface area contributed by atoms with Crippen molar-refractivity contribution in [2.45, 2.75) is 19.8 Å². The Morgan fingerprint density at radius 3 is 2.75 bits per heavy atom. The number of rotatable bonds is 4. The van der Waals surface area contributed by atoms with Crippen LogP contribution in [0, 0.1) is 5.82 Å². The topological polar surface area (TPSA) is 32.3 Å². The summed E-state index contributed by atoms with van der Waals surface area (Å²) in [5.41, 5.74) is 0.288. The van der Waals surface area contributed by atoms with Gasteiger partial charge in [-0.3, -0.25) is 4.90 Å². The third kappa shape index (κ3) is 3.22. The molecule has 1 aromatic rings. The maximum Gasteiger partial charge on any atom is 0.321 e. The van der Waals surface area contributed by atoms with Crippen molar-refractivity contribution in [2.75, 3.05) is 18.5 Å². The van der Waals surface area contributed by atoms with Gasteiger partial charge in [0.05, 0.1) is 5.69 Å². The van der Waals surface area contributed by atoms with Crippen molar-refractivity contribution in [3.8, 4) is 0 Å². The summed E-state index contributed by atoms with van der Waals surface area (Å²) in [6.45, 7) is 2.67. The van der Waals surface area contributed by atoms with Gasteiger partial charge in [-0.15, -0.1) is 0 Å². The zero-order chi connectivity index (χ0) is 12.0. The van der Waals surface area contributed by atoms with E-state index in [1.165, 1.54) is 11.0 Å². The van der Waals surface area contributed by atoms with Crippen LogP contribution in [0.15, 0.2) is 24.3 Å². The lowest BCUT2D eigenvalue weighted by atomic mass is 10.3. The third-order valence-corrected chi connectivity index (χ3v) is 2.32. The van der Waals surface area contributed by atoms with Gasteiger partial charge in [-0.05, 0) is 18.6 Å². The maximum absolute atomic E-state index is 13.4. The number of unbranched alkanes of at least 4 members (excludes halogenated alkanes) is 1. The largest absolute Gasteiger partial charge is 0.338 e. The molecule has 0 aliphatic carbocycles. The molecule has 0 aliphatic heterocycles. The number of benzene rings is 1. The lowest BCUT2D eigenvalue weighted by molar-refractivity contribution is 0.247. The summed E-state index contributed by atoms with van der Waals surface area (Å²) in [4.78, 5) is 12.9. The van der Waals surface area contributed by atoms with Crippen LogP contribution in [-0.4, -0.2) is 19.6 Å². The molecule has 1 rings (SSSR count). The van der Waals surface area contributed by atoms with Gasteiger partial charge < -0.3 is 5.32 Å². The Morgan fingerprint density at radius 2 is 2.12 bits per heavy atom. The highest BCUT2D eigenvalue weighted by Crippen LogP contribution is 2.16. The molecule has 0 aromatic heterocycles. The van der Waals surface area contributed by atoms with E-state index in [0.29, 0.717) is 6.54 Å². The number of carbonyl (C=O) groups excluding carboxylic acids is 1. The van der Waals surface area contributed by atoms with Crippen LogP contribution in [0.25, 0.3) is 0 Å². The Morgan fingerprint density at radius 1 is 1.44 bits per heavy atom. The molecular formula is C12H17FN2O. The van der Waals surface area contributed by atoms with Crippen molar-refractivity contribution >= 4 is 11.7 Å². The Balaban J connectivity index is 2.60. The van der Waals surface area contributed by atoms with E-state index in [9.17, 15) is 9.18 Å². The molecule has 88 valence electrons. The molecule has 0 heterocycles. The number of carbonyl (C=O) groups is 1. The van der Waals surface area contributed by atoms with E-state index >= 15 is 0 Å². The molecule has 4 heteroatoms. The number of anilines is 1. The van der Waals surface area contributed by atoms with E-state index in [4.69, 9.17) is 0 Å². The molecule has 1 aromatic carbocycles. The number of hydrogen-bond acceptors (Lipinski definition) is 1. The standard InChI is InChI=1S/C12H17FN2O/c1-3-4-9-14-12(16)15(2)11-8-6-5-7-10(11)13/h5-8H,3-4,9H2,1-2H3,(H,14,16). The highest BCUT2D eigenvalue weighted by molar-refractivity contribution is 5.91. The number of amides is 2. The molecule has 0 saturated heterocycles. The van der Waals surface area contributed by atoms with Crippen molar-refractivity contribution < 1.29 is 9.18 Å². The Labute approximate surface area is 95.3 Å². The molecular weight excluding hydrogens is 207 g/mol. The number of nitrogens with zero attached hydrogens (tertiary/aromatic N) is 1. The second kappa shape index (κ2) is 6.10. The van der Waals surface area contributed by atoms with Crippen LogP contribution in [0.2, 0.25) is 0 Å². The number of halogens is 1. The van der Waals surface area contributed by atoms with Crippen molar-refractivity contribution in [3.05, 3.63) is 30.1 Å². The first-order chi connectivity index (χ1) is 7.66. The van der Waals surface area contributed by atoms with Crippen LogP contribution in [0.5, 0.6) is 0 Å². The fraction of sp³-hybridized carbons (Fsp3) is 0.417. The summed E-state index contributed by atoms with van der Waals surface area (Å²) in [6, 6.07) is 5.94. The van der Waals surface area contributed by atoms with Crippen molar-refractivity contribution in [3.63, 3.8) is 0 Å². The van der Waals surface area contributed by atoms with Gasteiger partial charge >= 0.3 is 6.03 Å². The number of urea groups is 1. The van der Waals surface area contributed by atoms with Crippen LogP contribution in [0.3, 0.4) is 0 Å². The lowest BCUT2D eigenvalue weighted by Gasteiger charge is -2.18. The molecule has 0 radical (unpaired) electrons. The number of nitrogens with one attached hydrogen (secondary N) is 1. The summed E-state index contributed by atoms with van der Waals surface area (Å²) in [6.07, 6.45) is 1.94. The van der Waals surface area contributed by atoms with E-state index in [0.717, 1.165) is 12.8 Å². The van der Waals surface area contributed by atoms with Gasteiger partial charge in [0, 0.05) is 13.6 Å². The SMILES string of the molecule is CCCCNC(=O)N(C)c1ccccc1F. The summed E-state index contributed by atoms with van der Waals surface area (Å²) in [7, 11) is 1.56. The first-order valence-corrected chi connectivity index (χ1v) is 5.43. The van der Waals surface area contributed by atoms with E-state index in [1.807, 2.05) is 6.92 Å². The number of hydrogen-bond donors (Lipinski definition) is 1. The zero-order valence-corrected chi connectivity index (χ0v) is 9.66. The Kier molecular flexibility index (Phi) is 4.76. The van der Waals surface area contributed by atoms with E-state index in [-0.39, 0.29) is 11.7 Å². The molecule has 3 nitrogen and oxygen atoms in total. The Hall–Kier alpha value is -1.58.